The maximum atomic E-state index is 5.88. The predicted molar refractivity (Wildman–Crippen MR) is 74.8 cm³/mol. The van der Waals surface area contributed by atoms with Crippen molar-refractivity contribution in [3.8, 4) is 5.75 Å². The van der Waals surface area contributed by atoms with Gasteiger partial charge in [0.25, 0.3) is 0 Å². The maximum absolute atomic E-state index is 5.88. The molecular weight excluding hydrogens is 208 g/mol. The number of hydrogen-bond acceptors (Lipinski definition) is 1. The molecule has 1 heteroatoms. The minimum Gasteiger partial charge on any atom is -0.493 e. The summed E-state index contributed by atoms with van der Waals surface area (Å²) >= 11 is 0. The van der Waals surface area contributed by atoms with Crippen LogP contribution in [0.2, 0.25) is 0 Å². The van der Waals surface area contributed by atoms with Gasteiger partial charge < -0.3 is 4.74 Å². The van der Waals surface area contributed by atoms with Crippen LogP contribution in [0.4, 0.5) is 0 Å². The summed E-state index contributed by atoms with van der Waals surface area (Å²) < 4.78 is 5.88. The highest BCUT2D eigenvalue weighted by atomic mass is 16.5. The van der Waals surface area contributed by atoms with E-state index in [1.807, 2.05) is 0 Å². The molecule has 0 saturated carbocycles. The molecule has 0 bridgehead atoms. The third-order valence-corrected chi connectivity index (χ3v) is 3.06. The number of aryl methyl sites for hydroxylation is 1. The summed E-state index contributed by atoms with van der Waals surface area (Å²) in [4.78, 5) is 0. The van der Waals surface area contributed by atoms with Crippen molar-refractivity contribution in [2.75, 3.05) is 6.61 Å². The summed E-state index contributed by atoms with van der Waals surface area (Å²) in [5, 5.41) is 0. The lowest BCUT2D eigenvalue weighted by Crippen LogP contribution is -2.01. The zero-order valence-electron chi connectivity index (χ0n) is 11.9. The summed E-state index contributed by atoms with van der Waals surface area (Å²) in [6, 6.07) is 6.55. The molecule has 0 N–H and O–H groups in total. The molecule has 0 fully saturated rings. The second-order valence-corrected chi connectivity index (χ2v) is 5.56. The van der Waals surface area contributed by atoms with Gasteiger partial charge in [0.05, 0.1) is 6.61 Å². The first-order valence-electron chi connectivity index (χ1n) is 6.74. The van der Waals surface area contributed by atoms with Gasteiger partial charge in [0, 0.05) is 0 Å². The Hall–Kier alpha value is -0.980. The topological polar surface area (TPSA) is 9.23 Å². The largest absolute Gasteiger partial charge is 0.493 e. The molecule has 0 spiro atoms. The molecule has 96 valence electrons. The van der Waals surface area contributed by atoms with Crippen LogP contribution in [0.25, 0.3) is 0 Å². The lowest BCUT2D eigenvalue weighted by atomic mass is 10.0. The Kier molecular flexibility index (Phi) is 5.54. The molecule has 17 heavy (non-hydrogen) atoms. The van der Waals surface area contributed by atoms with Crippen molar-refractivity contribution in [1.82, 2.24) is 0 Å². The van der Waals surface area contributed by atoms with E-state index in [9.17, 15) is 0 Å². The van der Waals surface area contributed by atoms with E-state index in [4.69, 9.17) is 4.74 Å². The van der Waals surface area contributed by atoms with Crippen molar-refractivity contribution in [2.24, 2.45) is 5.92 Å². The van der Waals surface area contributed by atoms with E-state index in [-0.39, 0.29) is 0 Å². The predicted octanol–water partition coefficient (Wildman–Crippen LogP) is 4.93. The fraction of sp³-hybridized carbons (Fsp3) is 0.625. The lowest BCUT2D eigenvalue weighted by Gasteiger charge is -2.13. The van der Waals surface area contributed by atoms with Crippen LogP contribution in [0, 0.1) is 12.8 Å². The average Bonchev–Trinajstić information content (AvgIpc) is 2.25. The fourth-order valence-corrected chi connectivity index (χ4v) is 1.81. The molecule has 0 aliphatic heterocycles. The van der Waals surface area contributed by atoms with E-state index in [1.165, 1.54) is 17.5 Å². The molecule has 0 aliphatic carbocycles. The molecule has 0 unspecified atom stereocenters. The van der Waals surface area contributed by atoms with Crippen LogP contribution >= 0.6 is 0 Å². The normalized spacial score (nSPS) is 11.2. The van der Waals surface area contributed by atoms with E-state index in [2.05, 4.69) is 52.8 Å². The van der Waals surface area contributed by atoms with Crippen LogP contribution in [-0.4, -0.2) is 6.61 Å². The Bertz CT molecular complexity index is 339. The second kappa shape index (κ2) is 6.68. The van der Waals surface area contributed by atoms with Crippen molar-refractivity contribution in [2.45, 2.75) is 53.4 Å². The van der Waals surface area contributed by atoms with Gasteiger partial charge in [-0.3, -0.25) is 0 Å². The van der Waals surface area contributed by atoms with Crippen molar-refractivity contribution in [1.29, 1.82) is 0 Å². The number of benzene rings is 1. The highest BCUT2D eigenvalue weighted by molar-refractivity contribution is 5.37. The molecule has 1 nitrogen and oxygen atoms in total. The Labute approximate surface area is 106 Å². The van der Waals surface area contributed by atoms with Crippen molar-refractivity contribution >= 4 is 0 Å². The average molecular weight is 234 g/mol. The molecule has 0 amide bonds. The van der Waals surface area contributed by atoms with Crippen molar-refractivity contribution in [3.63, 3.8) is 0 Å². The molecule has 1 aromatic carbocycles. The molecule has 0 aromatic heterocycles. The number of hydrogen-bond donors (Lipinski definition) is 0. The Morgan fingerprint density at radius 3 is 2.41 bits per heavy atom. The first kappa shape index (κ1) is 14.1. The minimum absolute atomic E-state index is 0.564. The van der Waals surface area contributed by atoms with Gasteiger partial charge in [0.1, 0.15) is 5.75 Å². The first-order valence-corrected chi connectivity index (χ1v) is 6.74. The van der Waals surface area contributed by atoms with Gasteiger partial charge in [-0.05, 0) is 48.8 Å². The third-order valence-electron chi connectivity index (χ3n) is 3.06. The molecule has 0 heterocycles. The highest BCUT2D eigenvalue weighted by Crippen LogP contribution is 2.24. The first-order chi connectivity index (χ1) is 8.00. The van der Waals surface area contributed by atoms with Crippen LogP contribution in [0.1, 0.15) is 57.6 Å². The monoisotopic (exact) mass is 234 g/mol. The van der Waals surface area contributed by atoms with Gasteiger partial charge in [-0.1, -0.05) is 39.8 Å². The van der Waals surface area contributed by atoms with E-state index in [0.717, 1.165) is 24.7 Å². The summed E-state index contributed by atoms with van der Waals surface area (Å²) in [7, 11) is 0. The zero-order chi connectivity index (χ0) is 12.8. The van der Waals surface area contributed by atoms with Crippen LogP contribution in [0.3, 0.4) is 0 Å². The molecule has 1 aromatic rings. The van der Waals surface area contributed by atoms with E-state index in [0.29, 0.717) is 5.92 Å². The third kappa shape index (κ3) is 4.80. The molecule has 0 atom stereocenters. The highest BCUT2D eigenvalue weighted by Gasteiger charge is 2.04. The van der Waals surface area contributed by atoms with Crippen molar-refractivity contribution < 1.29 is 4.74 Å². The smallest absolute Gasteiger partial charge is 0.122 e. The quantitative estimate of drug-likeness (QED) is 0.634. The summed E-state index contributed by atoms with van der Waals surface area (Å²) in [5.74, 6) is 2.38. The second-order valence-electron chi connectivity index (χ2n) is 5.56. The van der Waals surface area contributed by atoms with Gasteiger partial charge in [-0.25, -0.2) is 0 Å². The lowest BCUT2D eigenvalue weighted by molar-refractivity contribution is 0.295. The van der Waals surface area contributed by atoms with Crippen LogP contribution in [0.5, 0.6) is 5.75 Å². The molecular formula is C16H26O. The summed E-state index contributed by atoms with van der Waals surface area (Å²) in [6.07, 6.45) is 2.38. The SMILES string of the molecule is Cc1ccc(C(C)C)cc1OCCCC(C)C. The fourth-order valence-electron chi connectivity index (χ4n) is 1.81. The number of rotatable bonds is 6. The molecule has 0 aliphatic rings. The van der Waals surface area contributed by atoms with Gasteiger partial charge in [0.15, 0.2) is 0 Å². The van der Waals surface area contributed by atoms with E-state index < -0.39 is 0 Å². The van der Waals surface area contributed by atoms with Gasteiger partial charge in [-0.15, -0.1) is 0 Å². The van der Waals surface area contributed by atoms with E-state index in [1.54, 1.807) is 0 Å². The zero-order valence-corrected chi connectivity index (χ0v) is 11.9. The maximum Gasteiger partial charge on any atom is 0.122 e. The van der Waals surface area contributed by atoms with Crippen molar-refractivity contribution in [3.05, 3.63) is 29.3 Å². The van der Waals surface area contributed by atoms with Gasteiger partial charge in [-0.2, -0.15) is 0 Å². The van der Waals surface area contributed by atoms with Gasteiger partial charge >= 0.3 is 0 Å². The van der Waals surface area contributed by atoms with Crippen LogP contribution in [0.15, 0.2) is 18.2 Å². The minimum atomic E-state index is 0.564. The van der Waals surface area contributed by atoms with Gasteiger partial charge in [0.2, 0.25) is 0 Å². The Balaban J connectivity index is 2.54. The van der Waals surface area contributed by atoms with Crippen LogP contribution < -0.4 is 4.74 Å². The van der Waals surface area contributed by atoms with Crippen LogP contribution in [-0.2, 0) is 0 Å². The number of ether oxygens (including phenoxy) is 1. The molecule has 0 radical (unpaired) electrons. The Morgan fingerprint density at radius 2 is 1.82 bits per heavy atom. The summed E-state index contributed by atoms with van der Waals surface area (Å²) in [5.41, 5.74) is 2.59. The standard InChI is InChI=1S/C16H26O/c1-12(2)7-6-10-17-16-11-15(13(3)4)9-8-14(16)5/h8-9,11-13H,6-7,10H2,1-5H3. The van der Waals surface area contributed by atoms with E-state index >= 15 is 0 Å². The summed E-state index contributed by atoms with van der Waals surface area (Å²) in [6.45, 7) is 11.9. The Morgan fingerprint density at radius 1 is 1.12 bits per heavy atom. The molecule has 0 saturated heterocycles. The molecule has 1 rings (SSSR count).